The molecule has 6 nitrogen and oxygen atoms in total. The second-order valence-electron chi connectivity index (χ2n) is 5.64. The lowest BCUT2D eigenvalue weighted by Crippen LogP contribution is -2.36. The van der Waals surface area contributed by atoms with Crippen LogP contribution in [0.4, 0.5) is 0 Å². The summed E-state index contributed by atoms with van der Waals surface area (Å²) in [6.45, 7) is 3.98. The Hall–Kier alpha value is -2.13. The van der Waals surface area contributed by atoms with Gasteiger partial charge < -0.3 is 10.6 Å². The summed E-state index contributed by atoms with van der Waals surface area (Å²) in [7, 11) is 0. The van der Waals surface area contributed by atoms with Gasteiger partial charge in [0.2, 0.25) is 0 Å². The molecular formula is C19H22ClIN6. The Morgan fingerprint density at radius 3 is 2.67 bits per heavy atom. The molecule has 0 aliphatic carbocycles. The molecule has 0 spiro atoms. The molecule has 0 atom stereocenters. The topological polar surface area (TPSA) is 67.1 Å². The molecule has 0 aliphatic rings. The Labute approximate surface area is 181 Å². The second kappa shape index (κ2) is 10.9. The van der Waals surface area contributed by atoms with E-state index in [4.69, 9.17) is 11.6 Å². The van der Waals surface area contributed by atoms with Crippen molar-refractivity contribution in [3.63, 3.8) is 0 Å². The first-order valence-corrected chi connectivity index (χ1v) is 8.84. The third-order valence-corrected chi connectivity index (χ3v) is 3.91. The molecule has 2 heterocycles. The number of guanidine groups is 1. The number of nitrogens with zero attached hydrogens (tertiary/aromatic N) is 4. The SMILES string of the molecule is CCNC(=NCc1cnn(-c2ccc(Cl)cc2)c1)NCc1ccccn1.I. The van der Waals surface area contributed by atoms with Crippen molar-refractivity contribution < 1.29 is 0 Å². The monoisotopic (exact) mass is 496 g/mol. The van der Waals surface area contributed by atoms with Crippen molar-refractivity contribution in [2.45, 2.75) is 20.0 Å². The highest BCUT2D eigenvalue weighted by molar-refractivity contribution is 14.0. The highest BCUT2D eigenvalue weighted by atomic mass is 127. The zero-order chi connectivity index (χ0) is 18.2. The lowest BCUT2D eigenvalue weighted by molar-refractivity contribution is 0.799. The molecule has 0 saturated carbocycles. The summed E-state index contributed by atoms with van der Waals surface area (Å²) in [4.78, 5) is 8.92. The van der Waals surface area contributed by atoms with Crippen LogP contribution in [0.5, 0.6) is 0 Å². The first kappa shape index (κ1) is 21.2. The zero-order valence-electron chi connectivity index (χ0n) is 15.0. The smallest absolute Gasteiger partial charge is 0.191 e. The average molecular weight is 497 g/mol. The van der Waals surface area contributed by atoms with Crippen molar-refractivity contribution in [1.29, 1.82) is 0 Å². The molecule has 0 aliphatic heterocycles. The molecule has 1 aromatic carbocycles. The number of nitrogens with one attached hydrogen (secondary N) is 2. The predicted molar refractivity (Wildman–Crippen MR) is 120 cm³/mol. The molecule has 8 heteroatoms. The van der Waals surface area contributed by atoms with Crippen molar-refractivity contribution in [1.82, 2.24) is 25.4 Å². The van der Waals surface area contributed by atoms with Crippen molar-refractivity contribution in [3.8, 4) is 5.69 Å². The van der Waals surface area contributed by atoms with Gasteiger partial charge in [-0.2, -0.15) is 5.10 Å². The molecule has 0 fully saturated rings. The molecular weight excluding hydrogens is 475 g/mol. The molecule has 0 bridgehead atoms. The molecule has 0 amide bonds. The Morgan fingerprint density at radius 2 is 1.96 bits per heavy atom. The molecule has 0 unspecified atom stereocenters. The first-order chi connectivity index (χ1) is 12.7. The third-order valence-electron chi connectivity index (χ3n) is 3.65. The van der Waals surface area contributed by atoms with Crippen molar-refractivity contribution in [3.05, 3.63) is 77.3 Å². The standard InChI is InChI=1S/C19H21ClN6.HI/c1-2-21-19(24-13-17-5-3-4-10-22-17)23-11-15-12-25-26(14-15)18-8-6-16(20)7-9-18;/h3-10,12,14H,2,11,13H2,1H3,(H2,21,23,24);1H. The number of halogens is 2. The van der Waals surface area contributed by atoms with E-state index >= 15 is 0 Å². The minimum absolute atomic E-state index is 0. The summed E-state index contributed by atoms with van der Waals surface area (Å²) in [5, 5.41) is 11.6. The largest absolute Gasteiger partial charge is 0.357 e. The fourth-order valence-corrected chi connectivity index (χ4v) is 2.49. The Morgan fingerprint density at radius 1 is 1.15 bits per heavy atom. The summed E-state index contributed by atoms with van der Waals surface area (Å²) < 4.78 is 1.81. The maximum Gasteiger partial charge on any atom is 0.191 e. The minimum Gasteiger partial charge on any atom is -0.357 e. The normalized spacial score (nSPS) is 11.0. The Kier molecular flexibility index (Phi) is 8.53. The quantitative estimate of drug-likeness (QED) is 0.310. The Bertz CT molecular complexity index is 848. The van der Waals surface area contributed by atoms with Crippen LogP contribution in [-0.2, 0) is 13.1 Å². The molecule has 2 N–H and O–H groups in total. The average Bonchev–Trinajstić information content (AvgIpc) is 3.14. The van der Waals surface area contributed by atoms with Crippen LogP contribution in [0.1, 0.15) is 18.2 Å². The fraction of sp³-hybridized carbons (Fsp3) is 0.211. The summed E-state index contributed by atoms with van der Waals surface area (Å²) in [5.41, 5.74) is 2.95. The van der Waals surface area contributed by atoms with Gasteiger partial charge in [-0.25, -0.2) is 9.67 Å². The van der Waals surface area contributed by atoms with E-state index in [0.29, 0.717) is 18.1 Å². The summed E-state index contributed by atoms with van der Waals surface area (Å²) in [6.07, 6.45) is 5.57. The van der Waals surface area contributed by atoms with Gasteiger partial charge in [0.05, 0.1) is 30.7 Å². The van der Waals surface area contributed by atoms with E-state index < -0.39 is 0 Å². The van der Waals surface area contributed by atoms with E-state index in [1.165, 1.54) is 0 Å². The first-order valence-electron chi connectivity index (χ1n) is 8.46. The number of aliphatic imine (C=N–C) groups is 1. The van der Waals surface area contributed by atoms with Crippen molar-refractivity contribution in [2.75, 3.05) is 6.54 Å². The van der Waals surface area contributed by atoms with Crippen LogP contribution in [0.25, 0.3) is 5.69 Å². The van der Waals surface area contributed by atoms with Gasteiger partial charge in [-0.05, 0) is 43.3 Å². The molecule has 142 valence electrons. The van der Waals surface area contributed by atoms with Crippen LogP contribution in [0.2, 0.25) is 5.02 Å². The maximum absolute atomic E-state index is 5.93. The highest BCUT2D eigenvalue weighted by Crippen LogP contribution is 2.13. The van der Waals surface area contributed by atoms with Gasteiger partial charge in [-0.15, -0.1) is 24.0 Å². The number of hydrogen-bond acceptors (Lipinski definition) is 3. The zero-order valence-corrected chi connectivity index (χ0v) is 18.1. The van der Waals surface area contributed by atoms with Crippen LogP contribution in [0.3, 0.4) is 0 Å². The van der Waals surface area contributed by atoms with Crippen LogP contribution >= 0.6 is 35.6 Å². The summed E-state index contributed by atoms with van der Waals surface area (Å²) in [6, 6.07) is 13.4. The van der Waals surface area contributed by atoms with Crippen LogP contribution in [0.15, 0.2) is 66.0 Å². The number of rotatable bonds is 6. The minimum atomic E-state index is 0. The number of hydrogen-bond donors (Lipinski definition) is 2. The lowest BCUT2D eigenvalue weighted by Gasteiger charge is -2.10. The van der Waals surface area contributed by atoms with Crippen LogP contribution in [-0.4, -0.2) is 27.3 Å². The molecule has 0 saturated heterocycles. The van der Waals surface area contributed by atoms with Gasteiger partial charge in [-0.3, -0.25) is 4.98 Å². The third kappa shape index (κ3) is 6.51. The van der Waals surface area contributed by atoms with Gasteiger partial charge in [0.1, 0.15) is 0 Å². The predicted octanol–water partition coefficient (Wildman–Crippen LogP) is 3.79. The van der Waals surface area contributed by atoms with Crippen LogP contribution in [0, 0.1) is 0 Å². The van der Waals surface area contributed by atoms with Gasteiger partial charge in [0, 0.05) is 29.5 Å². The number of benzene rings is 1. The summed E-state index contributed by atoms with van der Waals surface area (Å²) >= 11 is 5.93. The molecule has 3 rings (SSSR count). The van der Waals surface area contributed by atoms with E-state index in [1.54, 1.807) is 6.20 Å². The van der Waals surface area contributed by atoms with Gasteiger partial charge in [0.15, 0.2) is 5.96 Å². The molecule has 3 aromatic rings. The highest BCUT2D eigenvalue weighted by Gasteiger charge is 2.03. The lowest BCUT2D eigenvalue weighted by atomic mass is 10.3. The van der Waals surface area contributed by atoms with E-state index in [0.717, 1.165) is 29.4 Å². The maximum atomic E-state index is 5.93. The van der Waals surface area contributed by atoms with Gasteiger partial charge in [0.25, 0.3) is 0 Å². The Balaban J connectivity index is 0.00000261. The molecule has 0 radical (unpaired) electrons. The van der Waals surface area contributed by atoms with Crippen molar-refractivity contribution >= 4 is 41.5 Å². The van der Waals surface area contributed by atoms with Gasteiger partial charge >= 0.3 is 0 Å². The van der Waals surface area contributed by atoms with E-state index in [-0.39, 0.29) is 24.0 Å². The van der Waals surface area contributed by atoms with Crippen LogP contribution < -0.4 is 10.6 Å². The summed E-state index contributed by atoms with van der Waals surface area (Å²) in [5.74, 6) is 0.748. The van der Waals surface area contributed by atoms with Crippen molar-refractivity contribution in [2.24, 2.45) is 4.99 Å². The number of pyridine rings is 1. The van der Waals surface area contributed by atoms with E-state index in [9.17, 15) is 0 Å². The fourth-order valence-electron chi connectivity index (χ4n) is 2.37. The van der Waals surface area contributed by atoms with E-state index in [2.05, 4.69) is 25.7 Å². The molecule has 2 aromatic heterocycles. The molecule has 27 heavy (non-hydrogen) atoms. The number of aromatic nitrogens is 3. The van der Waals surface area contributed by atoms with E-state index in [1.807, 2.05) is 66.5 Å². The second-order valence-corrected chi connectivity index (χ2v) is 6.08. The van der Waals surface area contributed by atoms with Gasteiger partial charge in [-0.1, -0.05) is 17.7 Å².